The van der Waals surface area contributed by atoms with Crippen molar-refractivity contribution < 1.29 is 24.6 Å². The van der Waals surface area contributed by atoms with E-state index in [9.17, 15) is 14.4 Å². The van der Waals surface area contributed by atoms with Gasteiger partial charge in [0.2, 0.25) is 5.91 Å². The van der Waals surface area contributed by atoms with Gasteiger partial charge >= 0.3 is 11.9 Å². The molecule has 108 valence electrons. The maximum Gasteiger partial charge on any atom is 0.326 e. The molecule has 7 nitrogen and oxygen atoms in total. The highest BCUT2D eigenvalue weighted by molar-refractivity contribution is 5.85. The Morgan fingerprint density at radius 1 is 1.26 bits per heavy atom. The third-order valence-electron chi connectivity index (χ3n) is 3.56. The number of nitrogens with one attached hydrogen (secondary N) is 1. The molecule has 0 aromatic rings. The van der Waals surface area contributed by atoms with Crippen LogP contribution in [0.3, 0.4) is 0 Å². The topological polar surface area (TPSA) is 130 Å². The third-order valence-corrected chi connectivity index (χ3v) is 3.56. The third kappa shape index (κ3) is 4.51. The first-order valence-electron chi connectivity index (χ1n) is 6.40. The monoisotopic (exact) mass is 272 g/mol. The predicted octanol–water partition coefficient (Wildman–Crippen LogP) is -0.204. The van der Waals surface area contributed by atoms with Crippen molar-refractivity contribution in [1.82, 2.24) is 5.32 Å². The lowest BCUT2D eigenvalue weighted by atomic mass is 9.95. The Labute approximate surface area is 111 Å². The highest BCUT2D eigenvalue weighted by Crippen LogP contribution is 2.31. The minimum absolute atomic E-state index is 0.0916. The molecular weight excluding hydrogens is 252 g/mol. The van der Waals surface area contributed by atoms with Crippen molar-refractivity contribution >= 4 is 17.8 Å². The first kappa shape index (κ1) is 15.4. The maximum absolute atomic E-state index is 12.0. The van der Waals surface area contributed by atoms with Gasteiger partial charge in [0.1, 0.15) is 6.04 Å². The number of hydrogen-bond donors (Lipinski definition) is 4. The molecule has 19 heavy (non-hydrogen) atoms. The molecule has 1 aliphatic carbocycles. The van der Waals surface area contributed by atoms with Crippen LogP contribution in [0.25, 0.3) is 0 Å². The molecule has 0 heterocycles. The summed E-state index contributed by atoms with van der Waals surface area (Å²) in [4.78, 5) is 33.4. The average Bonchev–Trinajstić information content (AvgIpc) is 2.81. The number of carbonyl (C=O) groups excluding carboxylic acids is 1. The van der Waals surface area contributed by atoms with E-state index in [4.69, 9.17) is 15.9 Å². The van der Waals surface area contributed by atoms with E-state index < -0.39 is 18.0 Å². The van der Waals surface area contributed by atoms with Crippen LogP contribution in [-0.2, 0) is 14.4 Å². The Morgan fingerprint density at radius 2 is 1.95 bits per heavy atom. The van der Waals surface area contributed by atoms with E-state index in [0.717, 1.165) is 12.8 Å². The van der Waals surface area contributed by atoms with Gasteiger partial charge in [0, 0.05) is 12.3 Å². The van der Waals surface area contributed by atoms with Gasteiger partial charge in [-0.25, -0.2) is 4.79 Å². The molecule has 0 spiro atoms. The SMILES string of the molecule is NCC1CCCC1C(=O)NC(CCC(=O)O)C(=O)O. The molecule has 0 aliphatic heterocycles. The maximum atomic E-state index is 12.0. The minimum Gasteiger partial charge on any atom is -0.481 e. The molecule has 5 N–H and O–H groups in total. The fourth-order valence-corrected chi connectivity index (χ4v) is 2.47. The van der Waals surface area contributed by atoms with E-state index >= 15 is 0 Å². The van der Waals surface area contributed by atoms with Crippen LogP contribution in [-0.4, -0.2) is 40.6 Å². The van der Waals surface area contributed by atoms with Crippen LogP contribution >= 0.6 is 0 Å². The Bertz CT molecular complexity index is 358. The molecule has 0 radical (unpaired) electrons. The van der Waals surface area contributed by atoms with Crippen LogP contribution in [0.1, 0.15) is 32.1 Å². The summed E-state index contributed by atoms with van der Waals surface area (Å²) in [5.74, 6) is -2.78. The number of carbonyl (C=O) groups is 3. The Morgan fingerprint density at radius 3 is 2.47 bits per heavy atom. The molecule has 3 atom stereocenters. The Kier molecular flexibility index (Phi) is 5.75. The summed E-state index contributed by atoms with van der Waals surface area (Å²) in [6.07, 6.45) is 2.09. The highest BCUT2D eigenvalue weighted by Gasteiger charge is 2.33. The summed E-state index contributed by atoms with van der Waals surface area (Å²) in [7, 11) is 0. The molecule has 1 aliphatic rings. The lowest BCUT2D eigenvalue weighted by Gasteiger charge is -2.20. The first-order valence-corrected chi connectivity index (χ1v) is 6.40. The van der Waals surface area contributed by atoms with Crippen LogP contribution in [0.5, 0.6) is 0 Å². The molecule has 0 aromatic carbocycles. The summed E-state index contributed by atoms with van der Waals surface area (Å²) >= 11 is 0. The molecule has 0 bridgehead atoms. The van der Waals surface area contributed by atoms with Gasteiger partial charge in [-0.05, 0) is 31.7 Å². The number of aliphatic carboxylic acids is 2. The zero-order valence-electron chi connectivity index (χ0n) is 10.7. The van der Waals surface area contributed by atoms with Crippen molar-refractivity contribution in [2.24, 2.45) is 17.6 Å². The fraction of sp³-hybridized carbons (Fsp3) is 0.750. The van der Waals surface area contributed by atoms with Gasteiger partial charge < -0.3 is 21.3 Å². The van der Waals surface area contributed by atoms with E-state index in [1.807, 2.05) is 0 Å². The highest BCUT2D eigenvalue weighted by atomic mass is 16.4. The van der Waals surface area contributed by atoms with E-state index in [2.05, 4.69) is 5.32 Å². The number of amides is 1. The standard InChI is InChI=1S/C12H20N2O5/c13-6-7-2-1-3-8(7)11(17)14-9(12(18)19)4-5-10(15)16/h7-9H,1-6,13H2,(H,14,17)(H,15,16)(H,18,19). The summed E-state index contributed by atoms with van der Waals surface area (Å²) in [6, 6.07) is -1.15. The number of carboxylic acids is 2. The first-order chi connectivity index (χ1) is 8.95. The number of hydrogen-bond acceptors (Lipinski definition) is 4. The summed E-state index contributed by atoms with van der Waals surface area (Å²) in [5.41, 5.74) is 5.58. The Hall–Kier alpha value is -1.63. The molecule has 7 heteroatoms. The van der Waals surface area contributed by atoms with E-state index in [1.54, 1.807) is 0 Å². The lowest BCUT2D eigenvalue weighted by molar-refractivity contribution is -0.143. The van der Waals surface area contributed by atoms with Crippen LogP contribution in [0.15, 0.2) is 0 Å². The van der Waals surface area contributed by atoms with Gasteiger partial charge in [0.05, 0.1) is 0 Å². The Balaban J connectivity index is 2.55. The molecule has 1 amide bonds. The normalized spacial score (nSPS) is 23.8. The average molecular weight is 272 g/mol. The van der Waals surface area contributed by atoms with Crippen LogP contribution < -0.4 is 11.1 Å². The second kappa shape index (κ2) is 7.08. The van der Waals surface area contributed by atoms with Crippen molar-refractivity contribution in [3.63, 3.8) is 0 Å². The molecule has 0 saturated heterocycles. The quantitative estimate of drug-likeness (QED) is 0.507. The fourth-order valence-electron chi connectivity index (χ4n) is 2.47. The predicted molar refractivity (Wildman–Crippen MR) is 66.3 cm³/mol. The molecule has 0 aromatic heterocycles. The second-order valence-corrected chi connectivity index (χ2v) is 4.87. The zero-order chi connectivity index (χ0) is 14.4. The number of nitrogens with two attached hydrogens (primary N) is 1. The van der Waals surface area contributed by atoms with Crippen molar-refractivity contribution in [2.75, 3.05) is 6.54 Å². The van der Waals surface area contributed by atoms with E-state index in [-0.39, 0.29) is 30.6 Å². The van der Waals surface area contributed by atoms with Crippen molar-refractivity contribution in [3.05, 3.63) is 0 Å². The van der Waals surface area contributed by atoms with Gasteiger partial charge in [-0.15, -0.1) is 0 Å². The summed E-state index contributed by atoms with van der Waals surface area (Å²) < 4.78 is 0. The van der Waals surface area contributed by atoms with Crippen molar-refractivity contribution in [2.45, 2.75) is 38.1 Å². The van der Waals surface area contributed by atoms with Crippen LogP contribution in [0, 0.1) is 11.8 Å². The summed E-state index contributed by atoms with van der Waals surface area (Å²) in [6.45, 7) is 0.408. The summed E-state index contributed by atoms with van der Waals surface area (Å²) in [5, 5.41) is 19.9. The molecule has 3 unspecified atom stereocenters. The van der Waals surface area contributed by atoms with Gasteiger partial charge in [0.25, 0.3) is 0 Å². The van der Waals surface area contributed by atoms with Crippen molar-refractivity contribution in [1.29, 1.82) is 0 Å². The van der Waals surface area contributed by atoms with Crippen LogP contribution in [0.4, 0.5) is 0 Å². The molecular formula is C12H20N2O5. The van der Waals surface area contributed by atoms with Gasteiger partial charge in [-0.1, -0.05) is 6.42 Å². The van der Waals surface area contributed by atoms with Crippen molar-refractivity contribution in [3.8, 4) is 0 Å². The number of rotatable bonds is 7. The van der Waals surface area contributed by atoms with Gasteiger partial charge in [-0.2, -0.15) is 0 Å². The largest absolute Gasteiger partial charge is 0.481 e. The van der Waals surface area contributed by atoms with E-state index in [0.29, 0.717) is 13.0 Å². The zero-order valence-corrected chi connectivity index (χ0v) is 10.7. The molecule has 1 saturated carbocycles. The number of carboxylic acid groups (broad SMARTS) is 2. The van der Waals surface area contributed by atoms with Gasteiger partial charge in [0.15, 0.2) is 0 Å². The van der Waals surface area contributed by atoms with Crippen LogP contribution in [0.2, 0.25) is 0 Å². The van der Waals surface area contributed by atoms with Gasteiger partial charge in [-0.3, -0.25) is 9.59 Å². The molecule has 1 rings (SSSR count). The second-order valence-electron chi connectivity index (χ2n) is 4.87. The van der Waals surface area contributed by atoms with E-state index in [1.165, 1.54) is 0 Å². The smallest absolute Gasteiger partial charge is 0.326 e. The minimum atomic E-state index is -1.21. The molecule has 1 fully saturated rings. The lowest BCUT2D eigenvalue weighted by Crippen LogP contribution is -2.45.